The van der Waals surface area contributed by atoms with Crippen LogP contribution in [0.2, 0.25) is 5.02 Å². The van der Waals surface area contributed by atoms with Crippen LogP contribution in [-0.4, -0.2) is 20.0 Å². The third-order valence-electron chi connectivity index (χ3n) is 6.00. The molecule has 3 aromatic carbocycles. The maximum absolute atomic E-state index is 13.6. The SMILES string of the molecule is Cc1ccc(C)c(NC(=O)Cn2c3ccccc3c3ncn(Cc4ccccc4Cl)c(=O)c32)c1. The molecule has 1 amide bonds. The molecule has 6 nitrogen and oxygen atoms in total. The summed E-state index contributed by atoms with van der Waals surface area (Å²) in [5, 5.41) is 4.41. The minimum atomic E-state index is -0.222. The van der Waals surface area contributed by atoms with E-state index >= 15 is 0 Å². The number of hydrogen-bond donors (Lipinski definition) is 1. The lowest BCUT2D eigenvalue weighted by atomic mass is 10.1. The number of aryl methyl sites for hydroxylation is 2. The predicted molar refractivity (Wildman–Crippen MR) is 137 cm³/mol. The third kappa shape index (κ3) is 3.97. The number of benzene rings is 3. The Balaban J connectivity index is 1.59. The van der Waals surface area contributed by atoms with E-state index in [4.69, 9.17) is 11.6 Å². The van der Waals surface area contributed by atoms with Gasteiger partial charge in [-0.25, -0.2) is 4.98 Å². The van der Waals surface area contributed by atoms with Gasteiger partial charge >= 0.3 is 0 Å². The summed E-state index contributed by atoms with van der Waals surface area (Å²) in [6, 6.07) is 20.9. The summed E-state index contributed by atoms with van der Waals surface area (Å²) in [6.07, 6.45) is 1.54. The lowest BCUT2D eigenvalue weighted by Crippen LogP contribution is -2.25. The Morgan fingerprint density at radius 2 is 1.79 bits per heavy atom. The smallest absolute Gasteiger partial charge is 0.278 e. The second-order valence-corrected chi connectivity index (χ2v) is 8.84. The van der Waals surface area contributed by atoms with Crippen LogP contribution in [0.1, 0.15) is 16.7 Å². The fourth-order valence-corrected chi connectivity index (χ4v) is 4.43. The van der Waals surface area contributed by atoms with Gasteiger partial charge in [-0.3, -0.25) is 14.2 Å². The van der Waals surface area contributed by atoms with Crippen molar-refractivity contribution < 1.29 is 4.79 Å². The van der Waals surface area contributed by atoms with Crippen molar-refractivity contribution in [3.05, 3.63) is 105 Å². The molecule has 0 radical (unpaired) electrons. The van der Waals surface area contributed by atoms with Gasteiger partial charge in [-0.2, -0.15) is 0 Å². The summed E-state index contributed by atoms with van der Waals surface area (Å²) in [5.41, 5.74) is 5.16. The number of nitrogens with zero attached hydrogens (tertiary/aromatic N) is 3. The summed E-state index contributed by atoms with van der Waals surface area (Å²) < 4.78 is 3.28. The summed E-state index contributed by atoms with van der Waals surface area (Å²) in [5.74, 6) is -0.211. The van der Waals surface area contributed by atoms with E-state index in [0.717, 1.165) is 33.3 Å². The number of hydrogen-bond acceptors (Lipinski definition) is 3. The second-order valence-electron chi connectivity index (χ2n) is 8.44. The minimum Gasteiger partial charge on any atom is -0.325 e. The molecule has 2 aromatic heterocycles. The number of nitrogens with one attached hydrogen (secondary N) is 1. The van der Waals surface area contributed by atoms with Crippen LogP contribution in [0.3, 0.4) is 0 Å². The monoisotopic (exact) mass is 470 g/mol. The average Bonchev–Trinajstić information content (AvgIpc) is 3.13. The Bertz CT molecular complexity index is 1620. The van der Waals surface area contributed by atoms with Crippen molar-refractivity contribution >= 4 is 45.1 Å². The predicted octanol–water partition coefficient (Wildman–Crippen LogP) is 5.31. The first-order chi connectivity index (χ1) is 16.4. The summed E-state index contributed by atoms with van der Waals surface area (Å²) in [6.45, 7) is 4.21. The second kappa shape index (κ2) is 8.80. The molecule has 0 saturated heterocycles. The number of carbonyl (C=O) groups is 1. The highest BCUT2D eigenvalue weighted by molar-refractivity contribution is 6.31. The largest absolute Gasteiger partial charge is 0.325 e. The van der Waals surface area contributed by atoms with Crippen LogP contribution < -0.4 is 10.9 Å². The molecule has 5 rings (SSSR count). The van der Waals surface area contributed by atoms with E-state index in [2.05, 4.69) is 10.3 Å². The van der Waals surface area contributed by atoms with Crippen molar-refractivity contribution in [2.45, 2.75) is 26.9 Å². The molecule has 0 unspecified atom stereocenters. The molecular formula is C27H23ClN4O2. The molecule has 0 aliphatic heterocycles. The number of carbonyl (C=O) groups excluding carboxylic acids is 1. The normalized spacial score (nSPS) is 11.3. The first kappa shape index (κ1) is 21.9. The Labute approximate surface area is 201 Å². The van der Waals surface area contributed by atoms with E-state index in [1.807, 2.05) is 74.5 Å². The highest BCUT2D eigenvalue weighted by Crippen LogP contribution is 2.26. The lowest BCUT2D eigenvalue weighted by Gasteiger charge is -2.12. The molecule has 34 heavy (non-hydrogen) atoms. The quantitative estimate of drug-likeness (QED) is 0.378. The first-order valence-corrected chi connectivity index (χ1v) is 11.4. The van der Waals surface area contributed by atoms with Crippen LogP contribution >= 0.6 is 11.6 Å². The molecule has 2 heterocycles. The van der Waals surface area contributed by atoms with Crippen molar-refractivity contribution in [1.82, 2.24) is 14.1 Å². The lowest BCUT2D eigenvalue weighted by molar-refractivity contribution is -0.116. The Morgan fingerprint density at radius 3 is 2.62 bits per heavy atom. The number of anilines is 1. The maximum atomic E-state index is 13.6. The van der Waals surface area contributed by atoms with Gasteiger partial charge in [0.1, 0.15) is 17.6 Å². The van der Waals surface area contributed by atoms with Crippen molar-refractivity contribution in [2.75, 3.05) is 5.32 Å². The summed E-state index contributed by atoms with van der Waals surface area (Å²) in [7, 11) is 0. The highest BCUT2D eigenvalue weighted by Gasteiger charge is 2.19. The van der Waals surface area contributed by atoms with Gasteiger partial charge in [0.05, 0.1) is 18.4 Å². The fourth-order valence-electron chi connectivity index (χ4n) is 4.24. The maximum Gasteiger partial charge on any atom is 0.278 e. The van der Waals surface area contributed by atoms with Crippen LogP contribution in [0.5, 0.6) is 0 Å². The van der Waals surface area contributed by atoms with E-state index in [1.165, 1.54) is 4.57 Å². The van der Waals surface area contributed by atoms with Crippen molar-refractivity contribution in [3.63, 3.8) is 0 Å². The highest BCUT2D eigenvalue weighted by atomic mass is 35.5. The molecule has 0 saturated carbocycles. The van der Waals surface area contributed by atoms with Crippen molar-refractivity contribution in [3.8, 4) is 0 Å². The van der Waals surface area contributed by atoms with Crippen LogP contribution in [0.25, 0.3) is 21.9 Å². The number of fused-ring (bicyclic) bond motifs is 3. The zero-order chi connectivity index (χ0) is 23.8. The van der Waals surface area contributed by atoms with E-state index in [1.54, 1.807) is 17.0 Å². The van der Waals surface area contributed by atoms with Crippen LogP contribution in [0, 0.1) is 13.8 Å². The minimum absolute atomic E-state index is 0.00950. The molecule has 7 heteroatoms. The van der Waals surface area contributed by atoms with Gasteiger partial charge in [-0.15, -0.1) is 0 Å². The van der Waals surface area contributed by atoms with Gasteiger partial charge < -0.3 is 9.88 Å². The molecule has 0 aliphatic rings. The van der Waals surface area contributed by atoms with Gasteiger partial charge in [0, 0.05) is 16.1 Å². The van der Waals surface area contributed by atoms with Gasteiger partial charge in [-0.05, 0) is 48.7 Å². The standard InChI is InChI=1S/C27H23ClN4O2/c1-17-11-12-18(2)22(13-17)30-24(33)15-32-23-10-6-4-8-20(23)25-26(32)27(34)31(16-29-25)14-19-7-3-5-9-21(19)28/h3-13,16H,14-15H2,1-2H3,(H,30,33). The number of aromatic nitrogens is 3. The molecular weight excluding hydrogens is 448 g/mol. The zero-order valence-corrected chi connectivity index (χ0v) is 19.6. The number of amides is 1. The Kier molecular flexibility index (Phi) is 5.67. The fraction of sp³-hybridized carbons (Fsp3) is 0.148. The van der Waals surface area contributed by atoms with Gasteiger partial charge in [0.2, 0.25) is 5.91 Å². The topological polar surface area (TPSA) is 68.9 Å². The molecule has 0 fully saturated rings. The van der Waals surface area contributed by atoms with Gasteiger partial charge in [0.25, 0.3) is 5.56 Å². The summed E-state index contributed by atoms with van der Waals surface area (Å²) >= 11 is 6.32. The van der Waals surface area contributed by atoms with E-state index < -0.39 is 0 Å². The number of rotatable bonds is 5. The number of para-hydroxylation sites is 1. The van der Waals surface area contributed by atoms with E-state index in [9.17, 15) is 9.59 Å². The van der Waals surface area contributed by atoms with Crippen molar-refractivity contribution in [1.29, 1.82) is 0 Å². The molecule has 0 aliphatic carbocycles. The van der Waals surface area contributed by atoms with Gasteiger partial charge in [-0.1, -0.05) is 60.1 Å². The molecule has 170 valence electrons. The Morgan fingerprint density at radius 1 is 1.03 bits per heavy atom. The molecule has 0 spiro atoms. The average molecular weight is 471 g/mol. The molecule has 1 N–H and O–H groups in total. The van der Waals surface area contributed by atoms with Crippen LogP contribution in [0.4, 0.5) is 5.69 Å². The van der Waals surface area contributed by atoms with Crippen molar-refractivity contribution in [2.24, 2.45) is 0 Å². The van der Waals surface area contributed by atoms with Crippen LogP contribution in [-0.2, 0) is 17.9 Å². The Hall–Kier alpha value is -3.90. The molecule has 5 aromatic rings. The zero-order valence-electron chi connectivity index (χ0n) is 18.9. The molecule has 0 bridgehead atoms. The first-order valence-electron chi connectivity index (χ1n) is 11.0. The van der Waals surface area contributed by atoms with E-state index in [0.29, 0.717) is 16.1 Å². The number of halogens is 1. The van der Waals surface area contributed by atoms with Crippen LogP contribution in [0.15, 0.2) is 77.9 Å². The molecule has 0 atom stereocenters. The van der Waals surface area contributed by atoms with Gasteiger partial charge in [0.15, 0.2) is 0 Å². The van der Waals surface area contributed by atoms with E-state index in [-0.39, 0.29) is 24.6 Å². The summed E-state index contributed by atoms with van der Waals surface area (Å²) in [4.78, 5) is 31.3. The third-order valence-corrected chi connectivity index (χ3v) is 6.37.